The quantitative estimate of drug-likeness (QED) is 0.382. The number of hydrogen-bond donors (Lipinski definition) is 2. The molecule has 3 aromatic carbocycles. The first kappa shape index (κ1) is 21.8. The fraction of sp³-hybridized carbons (Fsp3) is 0.160. The van der Waals surface area contributed by atoms with Crippen molar-refractivity contribution in [3.05, 3.63) is 92.2 Å². The SMILES string of the molecule is Cc1cc([C@@H](C)Nc2ccc(Br)cc2C(=O)O)c2nc(-c3ccccc3)n(C)c(=O)c2c1. The van der Waals surface area contributed by atoms with Crippen molar-refractivity contribution in [1.29, 1.82) is 0 Å². The molecule has 162 valence electrons. The average molecular weight is 492 g/mol. The van der Waals surface area contributed by atoms with Crippen molar-refractivity contribution in [2.45, 2.75) is 19.9 Å². The number of rotatable bonds is 5. The Morgan fingerprint density at radius 2 is 1.84 bits per heavy atom. The van der Waals surface area contributed by atoms with Gasteiger partial charge in [0.1, 0.15) is 5.82 Å². The fourth-order valence-electron chi connectivity index (χ4n) is 3.86. The van der Waals surface area contributed by atoms with Crippen molar-refractivity contribution < 1.29 is 9.90 Å². The lowest BCUT2D eigenvalue weighted by Crippen LogP contribution is -2.22. The highest BCUT2D eigenvalue weighted by atomic mass is 79.9. The number of carboxylic acid groups (broad SMARTS) is 1. The van der Waals surface area contributed by atoms with Crippen LogP contribution < -0.4 is 10.9 Å². The molecule has 0 bridgehead atoms. The number of carboxylic acids is 1. The van der Waals surface area contributed by atoms with Crippen LogP contribution in [0.4, 0.5) is 5.69 Å². The Labute approximate surface area is 193 Å². The molecule has 0 fully saturated rings. The Kier molecular flexibility index (Phi) is 5.84. The second kappa shape index (κ2) is 8.59. The van der Waals surface area contributed by atoms with Gasteiger partial charge in [-0.2, -0.15) is 0 Å². The van der Waals surface area contributed by atoms with E-state index in [-0.39, 0.29) is 17.2 Å². The summed E-state index contributed by atoms with van der Waals surface area (Å²) in [6, 6.07) is 18.2. The van der Waals surface area contributed by atoms with Gasteiger partial charge in [-0.3, -0.25) is 9.36 Å². The van der Waals surface area contributed by atoms with Gasteiger partial charge in [0.2, 0.25) is 0 Å². The van der Waals surface area contributed by atoms with Crippen molar-refractivity contribution >= 4 is 38.5 Å². The van der Waals surface area contributed by atoms with E-state index in [0.29, 0.717) is 26.9 Å². The van der Waals surface area contributed by atoms with Gasteiger partial charge in [0, 0.05) is 28.3 Å². The molecule has 32 heavy (non-hydrogen) atoms. The highest BCUT2D eigenvalue weighted by molar-refractivity contribution is 9.10. The molecule has 0 spiro atoms. The molecule has 6 nitrogen and oxygen atoms in total. The van der Waals surface area contributed by atoms with E-state index in [1.54, 1.807) is 29.8 Å². The van der Waals surface area contributed by atoms with Crippen LogP contribution in [-0.4, -0.2) is 20.6 Å². The van der Waals surface area contributed by atoms with E-state index in [2.05, 4.69) is 21.2 Å². The van der Waals surface area contributed by atoms with Crippen LogP contribution >= 0.6 is 15.9 Å². The molecule has 0 radical (unpaired) electrons. The number of nitrogens with one attached hydrogen (secondary N) is 1. The third-order valence-corrected chi connectivity index (χ3v) is 5.93. The van der Waals surface area contributed by atoms with Crippen LogP contribution in [0.1, 0.15) is 34.5 Å². The number of carbonyl (C=O) groups is 1. The minimum absolute atomic E-state index is 0.124. The van der Waals surface area contributed by atoms with Crippen molar-refractivity contribution in [3.8, 4) is 11.4 Å². The summed E-state index contributed by atoms with van der Waals surface area (Å²) in [5.74, 6) is -0.441. The highest BCUT2D eigenvalue weighted by Crippen LogP contribution is 2.30. The summed E-state index contributed by atoms with van der Waals surface area (Å²) in [5, 5.41) is 13.4. The molecule has 1 heterocycles. The first-order valence-electron chi connectivity index (χ1n) is 10.1. The molecular weight excluding hydrogens is 470 g/mol. The molecule has 1 aromatic heterocycles. The number of aromatic carboxylic acids is 1. The number of fused-ring (bicyclic) bond motifs is 1. The van der Waals surface area contributed by atoms with E-state index in [1.807, 2.05) is 56.3 Å². The van der Waals surface area contributed by atoms with Gasteiger partial charge in [0.05, 0.1) is 22.5 Å². The van der Waals surface area contributed by atoms with Crippen molar-refractivity contribution in [3.63, 3.8) is 0 Å². The second-order valence-corrected chi connectivity index (χ2v) is 8.69. The summed E-state index contributed by atoms with van der Waals surface area (Å²) in [6.07, 6.45) is 0. The van der Waals surface area contributed by atoms with E-state index in [1.165, 1.54) is 0 Å². The minimum Gasteiger partial charge on any atom is -0.478 e. The molecule has 0 aliphatic heterocycles. The number of aromatic nitrogens is 2. The zero-order chi connectivity index (χ0) is 23.0. The van der Waals surface area contributed by atoms with E-state index in [9.17, 15) is 14.7 Å². The highest BCUT2D eigenvalue weighted by Gasteiger charge is 2.19. The van der Waals surface area contributed by atoms with Crippen LogP contribution in [0.5, 0.6) is 0 Å². The van der Waals surface area contributed by atoms with Gasteiger partial charge in [-0.05, 0) is 43.7 Å². The third kappa shape index (κ3) is 4.03. The van der Waals surface area contributed by atoms with Crippen molar-refractivity contribution in [1.82, 2.24) is 9.55 Å². The normalized spacial score (nSPS) is 12.0. The second-order valence-electron chi connectivity index (χ2n) is 7.78. The van der Waals surface area contributed by atoms with Gasteiger partial charge in [0.25, 0.3) is 5.56 Å². The standard InChI is InChI=1S/C25H22BrN3O3/c1-14-11-18(15(2)27-21-10-9-17(26)13-19(21)25(31)32)22-20(12-14)24(30)29(3)23(28-22)16-7-5-4-6-8-16/h4-13,15,27H,1-3H3,(H,31,32)/t15-/m1/s1. The predicted octanol–water partition coefficient (Wildman–Crippen LogP) is 5.54. The zero-order valence-corrected chi connectivity index (χ0v) is 19.5. The van der Waals surface area contributed by atoms with E-state index in [0.717, 1.165) is 16.7 Å². The lowest BCUT2D eigenvalue weighted by atomic mass is 10.00. The van der Waals surface area contributed by atoms with Gasteiger partial charge in [-0.1, -0.05) is 52.3 Å². The van der Waals surface area contributed by atoms with E-state index < -0.39 is 5.97 Å². The Bertz CT molecular complexity index is 1400. The summed E-state index contributed by atoms with van der Waals surface area (Å²) < 4.78 is 2.25. The van der Waals surface area contributed by atoms with Gasteiger partial charge < -0.3 is 10.4 Å². The molecule has 0 saturated carbocycles. The molecule has 0 aliphatic carbocycles. The maximum absolute atomic E-state index is 13.2. The first-order chi connectivity index (χ1) is 15.3. The van der Waals surface area contributed by atoms with Gasteiger partial charge >= 0.3 is 5.97 Å². The molecule has 4 aromatic rings. The monoisotopic (exact) mass is 491 g/mol. The van der Waals surface area contributed by atoms with Gasteiger partial charge in [-0.15, -0.1) is 0 Å². The van der Waals surface area contributed by atoms with Gasteiger partial charge in [0.15, 0.2) is 0 Å². The summed E-state index contributed by atoms with van der Waals surface area (Å²) >= 11 is 3.32. The maximum atomic E-state index is 13.2. The number of benzene rings is 3. The van der Waals surface area contributed by atoms with E-state index in [4.69, 9.17) is 4.98 Å². The third-order valence-electron chi connectivity index (χ3n) is 5.44. The molecule has 0 amide bonds. The largest absolute Gasteiger partial charge is 0.478 e. The van der Waals surface area contributed by atoms with Gasteiger partial charge in [-0.25, -0.2) is 9.78 Å². The molecule has 2 N–H and O–H groups in total. The molecule has 7 heteroatoms. The lowest BCUT2D eigenvalue weighted by Gasteiger charge is -2.20. The first-order valence-corrected chi connectivity index (χ1v) is 10.9. The van der Waals surface area contributed by atoms with Crippen LogP contribution in [0.15, 0.2) is 69.9 Å². The van der Waals surface area contributed by atoms with Crippen molar-refractivity contribution in [2.75, 3.05) is 5.32 Å². The zero-order valence-electron chi connectivity index (χ0n) is 17.9. The smallest absolute Gasteiger partial charge is 0.337 e. The average Bonchev–Trinajstić information content (AvgIpc) is 2.77. The maximum Gasteiger partial charge on any atom is 0.337 e. The van der Waals surface area contributed by atoms with Crippen molar-refractivity contribution in [2.24, 2.45) is 7.05 Å². The van der Waals surface area contributed by atoms with E-state index >= 15 is 0 Å². The van der Waals surface area contributed by atoms with Crippen LogP contribution in [0.3, 0.4) is 0 Å². The van der Waals surface area contributed by atoms with Crippen LogP contribution in [0.2, 0.25) is 0 Å². The van der Waals surface area contributed by atoms with Crippen LogP contribution in [-0.2, 0) is 7.05 Å². The molecule has 1 atom stereocenters. The molecule has 0 aliphatic rings. The fourth-order valence-corrected chi connectivity index (χ4v) is 4.22. The number of halogens is 1. The molecular formula is C25H22BrN3O3. The van der Waals surface area contributed by atoms with Crippen LogP contribution in [0, 0.1) is 6.92 Å². The predicted molar refractivity (Wildman–Crippen MR) is 130 cm³/mol. The molecule has 0 saturated heterocycles. The number of nitrogens with zero attached hydrogens (tertiary/aromatic N) is 2. The number of aryl methyl sites for hydroxylation is 1. The molecule has 4 rings (SSSR count). The van der Waals surface area contributed by atoms with Crippen LogP contribution in [0.25, 0.3) is 22.3 Å². The number of hydrogen-bond acceptors (Lipinski definition) is 4. The lowest BCUT2D eigenvalue weighted by molar-refractivity contribution is 0.0698. The Hall–Kier alpha value is -3.45. The summed E-state index contributed by atoms with van der Waals surface area (Å²) in [5.41, 5.74) is 3.75. The Morgan fingerprint density at radius 3 is 2.53 bits per heavy atom. The Morgan fingerprint density at radius 1 is 1.12 bits per heavy atom. The topological polar surface area (TPSA) is 84.2 Å². The Balaban J connectivity index is 1.88. The summed E-state index contributed by atoms with van der Waals surface area (Å²) in [4.78, 5) is 29.8. The summed E-state index contributed by atoms with van der Waals surface area (Å²) in [6.45, 7) is 3.87. The number of anilines is 1. The minimum atomic E-state index is -1.02. The summed E-state index contributed by atoms with van der Waals surface area (Å²) in [7, 11) is 1.72. The molecule has 0 unspecified atom stereocenters.